The number of piperidine rings is 1. The number of rotatable bonds is 6. The number of nitrogens with two attached hydrogens (primary N) is 1. The molecule has 152 valence electrons. The quantitative estimate of drug-likeness (QED) is 0.758. The van der Waals surface area contributed by atoms with Gasteiger partial charge in [-0.05, 0) is 42.7 Å². The normalized spacial score (nSPS) is 16.0. The van der Waals surface area contributed by atoms with E-state index in [1.807, 2.05) is 30.3 Å². The molecule has 29 heavy (non-hydrogen) atoms. The average Bonchev–Trinajstić information content (AvgIpc) is 2.73. The molecule has 0 aliphatic carbocycles. The SMILES string of the molecule is NC(=O)c1cccc(NC(=O)C2CCN(S(=O)(=O)C=Cc3ccccc3)CC2)c1. The molecule has 0 saturated carbocycles. The number of nitrogens with one attached hydrogen (secondary N) is 1. The first-order valence-electron chi connectivity index (χ1n) is 9.29. The highest BCUT2D eigenvalue weighted by atomic mass is 32.2. The topological polar surface area (TPSA) is 110 Å². The van der Waals surface area contributed by atoms with Crippen LogP contribution in [-0.4, -0.2) is 37.6 Å². The van der Waals surface area contributed by atoms with Gasteiger partial charge in [-0.15, -0.1) is 0 Å². The van der Waals surface area contributed by atoms with Crippen LogP contribution in [0.3, 0.4) is 0 Å². The minimum atomic E-state index is -3.53. The van der Waals surface area contributed by atoms with Crippen LogP contribution in [0.15, 0.2) is 60.0 Å². The lowest BCUT2D eigenvalue weighted by Crippen LogP contribution is -2.40. The third kappa shape index (κ3) is 5.52. The Hall–Kier alpha value is -2.97. The maximum atomic E-state index is 12.5. The summed E-state index contributed by atoms with van der Waals surface area (Å²) in [4.78, 5) is 23.8. The Bertz CT molecular complexity index is 1010. The van der Waals surface area contributed by atoms with E-state index in [1.54, 1.807) is 24.3 Å². The molecule has 1 fully saturated rings. The summed E-state index contributed by atoms with van der Waals surface area (Å²) in [6, 6.07) is 15.6. The molecule has 0 radical (unpaired) electrons. The van der Waals surface area contributed by atoms with Gasteiger partial charge in [-0.3, -0.25) is 9.59 Å². The van der Waals surface area contributed by atoms with Gasteiger partial charge < -0.3 is 11.1 Å². The van der Waals surface area contributed by atoms with E-state index in [4.69, 9.17) is 5.73 Å². The van der Waals surface area contributed by atoms with E-state index >= 15 is 0 Å². The summed E-state index contributed by atoms with van der Waals surface area (Å²) in [5.74, 6) is -1.05. The van der Waals surface area contributed by atoms with Gasteiger partial charge in [-0.2, -0.15) is 4.31 Å². The number of benzene rings is 2. The molecule has 1 aliphatic heterocycles. The molecular weight excluding hydrogens is 390 g/mol. The second kappa shape index (κ2) is 9.02. The van der Waals surface area contributed by atoms with Crippen molar-refractivity contribution in [1.82, 2.24) is 4.31 Å². The molecule has 0 atom stereocenters. The van der Waals surface area contributed by atoms with Gasteiger partial charge in [-0.1, -0.05) is 36.4 Å². The van der Waals surface area contributed by atoms with Crippen molar-refractivity contribution in [3.8, 4) is 0 Å². The van der Waals surface area contributed by atoms with Crippen molar-refractivity contribution in [1.29, 1.82) is 0 Å². The molecule has 3 N–H and O–H groups in total. The minimum absolute atomic E-state index is 0.191. The second-order valence-corrected chi connectivity index (χ2v) is 8.68. The van der Waals surface area contributed by atoms with Crippen molar-refractivity contribution >= 4 is 33.6 Å². The Morgan fingerprint density at radius 3 is 2.38 bits per heavy atom. The van der Waals surface area contributed by atoms with Gasteiger partial charge in [0.25, 0.3) is 0 Å². The highest BCUT2D eigenvalue weighted by Crippen LogP contribution is 2.22. The first-order valence-corrected chi connectivity index (χ1v) is 10.8. The van der Waals surface area contributed by atoms with Crippen molar-refractivity contribution in [2.24, 2.45) is 11.7 Å². The zero-order valence-electron chi connectivity index (χ0n) is 15.8. The van der Waals surface area contributed by atoms with Crippen LogP contribution in [0, 0.1) is 5.92 Å². The van der Waals surface area contributed by atoms with E-state index in [2.05, 4.69) is 5.32 Å². The molecule has 7 nitrogen and oxygen atoms in total. The molecule has 2 aromatic rings. The molecular formula is C21H23N3O4S. The molecule has 1 saturated heterocycles. The lowest BCUT2D eigenvalue weighted by atomic mass is 9.97. The number of carbonyl (C=O) groups excluding carboxylic acids is 2. The third-order valence-electron chi connectivity index (χ3n) is 4.83. The van der Waals surface area contributed by atoms with E-state index in [9.17, 15) is 18.0 Å². The van der Waals surface area contributed by atoms with Crippen LogP contribution < -0.4 is 11.1 Å². The fourth-order valence-electron chi connectivity index (χ4n) is 3.18. The van der Waals surface area contributed by atoms with E-state index in [0.717, 1.165) is 5.56 Å². The summed E-state index contributed by atoms with van der Waals surface area (Å²) in [6.45, 7) is 0.557. The summed E-state index contributed by atoms with van der Waals surface area (Å²) in [5, 5.41) is 3.98. The Kier molecular flexibility index (Phi) is 6.46. The fourth-order valence-corrected chi connectivity index (χ4v) is 4.40. The maximum absolute atomic E-state index is 12.5. The van der Waals surface area contributed by atoms with E-state index in [1.165, 1.54) is 15.8 Å². The van der Waals surface area contributed by atoms with E-state index in [-0.39, 0.29) is 24.9 Å². The molecule has 3 rings (SSSR count). The highest BCUT2D eigenvalue weighted by Gasteiger charge is 2.30. The monoisotopic (exact) mass is 413 g/mol. The van der Waals surface area contributed by atoms with Gasteiger partial charge in [-0.25, -0.2) is 8.42 Å². The first-order chi connectivity index (χ1) is 13.8. The lowest BCUT2D eigenvalue weighted by Gasteiger charge is -2.29. The highest BCUT2D eigenvalue weighted by molar-refractivity contribution is 7.92. The number of hydrogen-bond acceptors (Lipinski definition) is 4. The molecule has 0 unspecified atom stereocenters. The number of amides is 2. The van der Waals surface area contributed by atoms with Gasteiger partial charge in [0.1, 0.15) is 0 Å². The Morgan fingerprint density at radius 2 is 1.72 bits per heavy atom. The number of primary amides is 1. The van der Waals surface area contributed by atoms with Crippen molar-refractivity contribution in [3.63, 3.8) is 0 Å². The van der Waals surface area contributed by atoms with Crippen LogP contribution in [0.4, 0.5) is 5.69 Å². The Balaban J connectivity index is 1.57. The number of anilines is 1. The van der Waals surface area contributed by atoms with Gasteiger partial charge in [0.05, 0.1) is 0 Å². The van der Waals surface area contributed by atoms with Gasteiger partial charge in [0.2, 0.25) is 21.8 Å². The largest absolute Gasteiger partial charge is 0.366 e. The average molecular weight is 413 g/mol. The van der Waals surface area contributed by atoms with Gasteiger partial charge in [0.15, 0.2) is 0 Å². The molecule has 1 heterocycles. The number of hydrogen-bond donors (Lipinski definition) is 2. The molecule has 8 heteroatoms. The van der Waals surface area contributed by atoms with Crippen molar-refractivity contribution < 1.29 is 18.0 Å². The van der Waals surface area contributed by atoms with Gasteiger partial charge >= 0.3 is 0 Å². The molecule has 2 aromatic carbocycles. The number of nitrogens with zero attached hydrogens (tertiary/aromatic N) is 1. The number of sulfonamides is 1. The van der Waals surface area contributed by atoms with Crippen LogP contribution >= 0.6 is 0 Å². The van der Waals surface area contributed by atoms with Crippen LogP contribution in [0.25, 0.3) is 6.08 Å². The molecule has 2 amide bonds. The third-order valence-corrected chi connectivity index (χ3v) is 6.40. The van der Waals surface area contributed by atoms with E-state index in [0.29, 0.717) is 24.1 Å². The molecule has 1 aliphatic rings. The maximum Gasteiger partial charge on any atom is 0.248 e. The summed E-state index contributed by atoms with van der Waals surface area (Å²) in [5.41, 5.74) is 6.87. The first kappa shape index (κ1) is 20.8. The fraction of sp³-hybridized carbons (Fsp3) is 0.238. The van der Waals surface area contributed by atoms with Gasteiger partial charge in [0, 0.05) is 35.7 Å². The summed E-state index contributed by atoms with van der Waals surface area (Å²) >= 11 is 0. The van der Waals surface area contributed by atoms with Crippen molar-refractivity contribution in [3.05, 3.63) is 71.1 Å². The van der Waals surface area contributed by atoms with E-state index < -0.39 is 15.9 Å². The second-order valence-electron chi connectivity index (χ2n) is 6.87. The molecule has 0 bridgehead atoms. The van der Waals surface area contributed by atoms with Crippen molar-refractivity contribution in [2.75, 3.05) is 18.4 Å². The van der Waals surface area contributed by atoms with Crippen LogP contribution in [0.2, 0.25) is 0 Å². The predicted molar refractivity (Wildman–Crippen MR) is 112 cm³/mol. The summed E-state index contributed by atoms with van der Waals surface area (Å²) < 4.78 is 26.4. The minimum Gasteiger partial charge on any atom is -0.366 e. The summed E-state index contributed by atoms with van der Waals surface area (Å²) in [6.07, 6.45) is 2.43. The van der Waals surface area contributed by atoms with Crippen molar-refractivity contribution in [2.45, 2.75) is 12.8 Å². The lowest BCUT2D eigenvalue weighted by molar-refractivity contribution is -0.120. The number of carbonyl (C=O) groups is 2. The summed E-state index contributed by atoms with van der Waals surface area (Å²) in [7, 11) is -3.53. The van der Waals surface area contributed by atoms with Crippen LogP contribution in [-0.2, 0) is 14.8 Å². The zero-order chi connectivity index (χ0) is 20.9. The molecule has 0 aromatic heterocycles. The standard InChI is InChI=1S/C21H23N3O4S/c22-20(25)18-7-4-8-19(15-18)23-21(26)17-9-12-24(13-10-17)29(27,28)14-11-16-5-2-1-3-6-16/h1-8,11,14-15,17H,9-10,12-13H2,(H2,22,25)(H,23,26). The predicted octanol–water partition coefficient (Wildman–Crippen LogP) is 2.44. The zero-order valence-corrected chi connectivity index (χ0v) is 16.6. The Morgan fingerprint density at radius 1 is 1.03 bits per heavy atom. The Labute approximate surface area is 170 Å². The van der Waals surface area contributed by atoms with Crippen LogP contribution in [0.5, 0.6) is 0 Å². The smallest absolute Gasteiger partial charge is 0.248 e. The molecule has 0 spiro atoms. The van der Waals surface area contributed by atoms with Crippen LogP contribution in [0.1, 0.15) is 28.8 Å².